The summed E-state index contributed by atoms with van der Waals surface area (Å²) in [4.78, 5) is 72.7. The molecular formula is C76H148O17P2. The molecule has 0 rings (SSSR count). The predicted octanol–water partition coefficient (Wildman–Crippen LogP) is 22.6. The lowest BCUT2D eigenvalue weighted by Crippen LogP contribution is -2.30. The lowest BCUT2D eigenvalue weighted by molar-refractivity contribution is -0.161. The molecule has 0 aliphatic heterocycles. The van der Waals surface area contributed by atoms with Crippen molar-refractivity contribution in [2.24, 2.45) is 0 Å². The second-order valence-corrected chi connectivity index (χ2v) is 30.3. The van der Waals surface area contributed by atoms with E-state index in [0.29, 0.717) is 25.7 Å². The van der Waals surface area contributed by atoms with E-state index in [0.717, 1.165) is 89.9 Å². The molecule has 0 aliphatic carbocycles. The van der Waals surface area contributed by atoms with Crippen molar-refractivity contribution in [1.29, 1.82) is 0 Å². The van der Waals surface area contributed by atoms with Crippen LogP contribution in [0.1, 0.15) is 407 Å². The van der Waals surface area contributed by atoms with E-state index in [1.165, 1.54) is 238 Å². The lowest BCUT2D eigenvalue weighted by Gasteiger charge is -2.21. The average molecular weight is 1400 g/mol. The Morgan fingerprint density at radius 3 is 0.621 bits per heavy atom. The van der Waals surface area contributed by atoms with Gasteiger partial charge in [-0.2, -0.15) is 0 Å². The first-order valence-electron chi connectivity index (χ1n) is 39.8. The zero-order chi connectivity index (χ0) is 69.7. The molecule has 0 heterocycles. The topological polar surface area (TPSA) is 237 Å². The Kier molecular flexibility index (Phi) is 69.1. The molecule has 0 aromatic heterocycles. The van der Waals surface area contributed by atoms with E-state index in [-0.39, 0.29) is 25.7 Å². The Hall–Kier alpha value is -1.94. The first-order chi connectivity index (χ1) is 46.2. The number of rotatable bonds is 77. The molecule has 3 N–H and O–H groups in total. The Balaban J connectivity index is 5.20. The van der Waals surface area contributed by atoms with Crippen LogP contribution in [0.3, 0.4) is 0 Å². The largest absolute Gasteiger partial charge is 0.472 e. The number of unbranched alkanes of at least 4 members (excludes halogenated alkanes) is 51. The highest BCUT2D eigenvalue weighted by atomic mass is 31.2. The van der Waals surface area contributed by atoms with Gasteiger partial charge < -0.3 is 33.8 Å². The summed E-state index contributed by atoms with van der Waals surface area (Å²) in [6.45, 7) is 4.98. The van der Waals surface area contributed by atoms with Crippen LogP contribution in [0.2, 0.25) is 0 Å². The van der Waals surface area contributed by atoms with Gasteiger partial charge in [0.25, 0.3) is 0 Å². The van der Waals surface area contributed by atoms with Crippen molar-refractivity contribution in [1.82, 2.24) is 0 Å². The molecule has 17 nitrogen and oxygen atoms in total. The average Bonchev–Trinajstić information content (AvgIpc) is 2.33. The van der Waals surface area contributed by atoms with Crippen LogP contribution in [-0.4, -0.2) is 96.7 Å². The van der Waals surface area contributed by atoms with Gasteiger partial charge in [0.1, 0.15) is 19.3 Å². The van der Waals surface area contributed by atoms with Crippen molar-refractivity contribution >= 4 is 39.5 Å². The first-order valence-corrected chi connectivity index (χ1v) is 42.8. The van der Waals surface area contributed by atoms with Crippen LogP contribution in [0.25, 0.3) is 0 Å². The molecule has 5 atom stereocenters. The molecule has 0 saturated carbocycles. The van der Waals surface area contributed by atoms with Crippen LogP contribution >= 0.6 is 15.6 Å². The van der Waals surface area contributed by atoms with Gasteiger partial charge in [0, 0.05) is 25.7 Å². The summed E-state index contributed by atoms with van der Waals surface area (Å²) in [5.74, 6) is -2.11. The van der Waals surface area contributed by atoms with Crippen molar-refractivity contribution in [3.05, 3.63) is 0 Å². The maximum absolute atomic E-state index is 13.1. The molecule has 0 spiro atoms. The minimum Gasteiger partial charge on any atom is -0.462 e. The third kappa shape index (κ3) is 70.3. The number of esters is 4. The third-order valence-electron chi connectivity index (χ3n) is 17.9. The van der Waals surface area contributed by atoms with E-state index in [2.05, 4.69) is 27.7 Å². The quantitative estimate of drug-likeness (QED) is 0.0222. The SMILES string of the molecule is CCCCCCCCCCCCCCCCCCCCCCC(=O)O[C@H](COC(=O)CCCCCCCCCCCCCCC)COP(=O)(O)OC[C@@H](O)COP(=O)(O)OC[C@@H](COC(=O)CCCCCCCCCCC)OC(=O)CCCCCCCCCCCCCCC. The number of hydrogen-bond acceptors (Lipinski definition) is 15. The summed E-state index contributed by atoms with van der Waals surface area (Å²) >= 11 is 0. The number of aliphatic hydroxyl groups is 1. The third-order valence-corrected chi connectivity index (χ3v) is 19.8. The monoisotopic (exact) mass is 1400 g/mol. The maximum atomic E-state index is 13.1. The molecule has 0 saturated heterocycles. The van der Waals surface area contributed by atoms with Gasteiger partial charge in [-0.15, -0.1) is 0 Å². The lowest BCUT2D eigenvalue weighted by atomic mass is 10.0. The number of phosphoric acid groups is 2. The van der Waals surface area contributed by atoms with Crippen molar-refractivity contribution < 1.29 is 80.2 Å². The van der Waals surface area contributed by atoms with Gasteiger partial charge in [0.15, 0.2) is 12.2 Å². The van der Waals surface area contributed by atoms with Gasteiger partial charge in [-0.25, -0.2) is 9.13 Å². The summed E-state index contributed by atoms with van der Waals surface area (Å²) in [6, 6.07) is 0. The van der Waals surface area contributed by atoms with E-state index in [1.54, 1.807) is 0 Å². The normalized spacial score (nSPS) is 13.9. The second-order valence-electron chi connectivity index (χ2n) is 27.4. The van der Waals surface area contributed by atoms with Gasteiger partial charge in [0.05, 0.1) is 26.4 Å². The number of phosphoric ester groups is 2. The summed E-state index contributed by atoms with van der Waals surface area (Å²) in [5.41, 5.74) is 0. The minimum absolute atomic E-state index is 0.108. The van der Waals surface area contributed by atoms with Gasteiger partial charge >= 0.3 is 39.5 Å². The fourth-order valence-electron chi connectivity index (χ4n) is 11.8. The Labute approximate surface area is 581 Å². The van der Waals surface area contributed by atoms with Crippen LogP contribution in [-0.2, 0) is 65.4 Å². The van der Waals surface area contributed by atoms with E-state index in [9.17, 15) is 43.2 Å². The van der Waals surface area contributed by atoms with Crippen LogP contribution in [0.4, 0.5) is 0 Å². The van der Waals surface area contributed by atoms with Gasteiger partial charge in [-0.3, -0.25) is 37.3 Å². The molecule has 0 amide bonds. The van der Waals surface area contributed by atoms with Gasteiger partial charge in [-0.1, -0.05) is 355 Å². The van der Waals surface area contributed by atoms with Crippen molar-refractivity contribution in [3.8, 4) is 0 Å². The highest BCUT2D eigenvalue weighted by Gasteiger charge is 2.30. The number of carbonyl (C=O) groups is 4. The first kappa shape index (κ1) is 93.1. The summed E-state index contributed by atoms with van der Waals surface area (Å²) in [6.07, 6.45) is 61.0. The molecule has 0 radical (unpaired) electrons. The zero-order valence-corrected chi connectivity index (χ0v) is 63.4. The Morgan fingerprint density at radius 1 is 0.253 bits per heavy atom. The molecule has 19 heteroatoms. The molecule has 0 aliphatic rings. The second kappa shape index (κ2) is 70.5. The van der Waals surface area contributed by atoms with E-state index in [4.69, 9.17) is 37.0 Å². The number of carbonyl (C=O) groups excluding carboxylic acids is 4. The van der Waals surface area contributed by atoms with Crippen molar-refractivity contribution in [3.63, 3.8) is 0 Å². The number of hydrogen-bond donors (Lipinski definition) is 3. The highest BCUT2D eigenvalue weighted by Crippen LogP contribution is 2.45. The Morgan fingerprint density at radius 2 is 0.421 bits per heavy atom. The van der Waals surface area contributed by atoms with Gasteiger partial charge in [-0.05, 0) is 25.7 Å². The molecule has 0 bridgehead atoms. The Bertz CT molecular complexity index is 1810. The van der Waals surface area contributed by atoms with Crippen LogP contribution in [0, 0.1) is 0 Å². The molecule has 2 unspecified atom stereocenters. The summed E-state index contributed by atoms with van der Waals surface area (Å²) in [7, 11) is -9.91. The van der Waals surface area contributed by atoms with Crippen molar-refractivity contribution in [2.75, 3.05) is 39.6 Å². The van der Waals surface area contributed by atoms with Crippen molar-refractivity contribution in [2.45, 2.75) is 425 Å². The minimum atomic E-state index is -4.96. The molecule has 564 valence electrons. The predicted molar refractivity (Wildman–Crippen MR) is 386 cm³/mol. The van der Waals surface area contributed by atoms with Crippen LogP contribution in [0.15, 0.2) is 0 Å². The maximum Gasteiger partial charge on any atom is 0.472 e. The summed E-state index contributed by atoms with van der Waals surface area (Å²) in [5, 5.41) is 10.6. The van der Waals surface area contributed by atoms with E-state index in [1.807, 2.05) is 0 Å². The van der Waals surface area contributed by atoms with Crippen LogP contribution < -0.4 is 0 Å². The zero-order valence-electron chi connectivity index (χ0n) is 61.6. The molecule has 0 aromatic rings. The van der Waals surface area contributed by atoms with E-state index >= 15 is 0 Å². The molecule has 95 heavy (non-hydrogen) atoms. The highest BCUT2D eigenvalue weighted by molar-refractivity contribution is 7.47. The van der Waals surface area contributed by atoms with Crippen LogP contribution in [0.5, 0.6) is 0 Å². The smallest absolute Gasteiger partial charge is 0.462 e. The fourth-order valence-corrected chi connectivity index (χ4v) is 13.3. The number of aliphatic hydroxyl groups excluding tert-OH is 1. The van der Waals surface area contributed by atoms with E-state index < -0.39 is 97.5 Å². The fraction of sp³-hybridized carbons (Fsp3) is 0.947. The molecular weight excluding hydrogens is 1250 g/mol. The standard InChI is InChI=1S/C76H148O17P2/c1-5-9-13-17-21-25-28-31-32-33-34-35-36-37-40-43-47-51-55-59-63-76(81)93-72(67-87-74(79)61-57-53-49-45-41-38-29-26-22-18-14-10-6-2)69-91-95(84,85)89-65-70(77)64-88-94(82,83)90-68-71(66-86-73(78)60-56-52-48-44-24-20-16-12-8-4)92-75(80)62-58-54-50-46-42-39-30-27-23-19-15-11-7-3/h70-72,77H,5-69H2,1-4H3,(H,82,83)(H,84,85)/t70-,71+,72+/m0/s1. The molecule has 0 fully saturated rings. The number of ether oxygens (including phenoxy) is 4. The summed E-state index contributed by atoms with van der Waals surface area (Å²) < 4.78 is 68.5. The van der Waals surface area contributed by atoms with Gasteiger partial charge in [0.2, 0.25) is 0 Å². The molecule has 0 aromatic carbocycles.